The van der Waals surface area contributed by atoms with Gasteiger partial charge in [-0.3, -0.25) is 9.59 Å². The number of para-hydroxylation sites is 2. The van der Waals surface area contributed by atoms with Gasteiger partial charge < -0.3 is 20.5 Å². The van der Waals surface area contributed by atoms with Crippen LogP contribution in [-0.4, -0.2) is 17.0 Å². The van der Waals surface area contributed by atoms with E-state index in [4.69, 9.17) is 21.6 Å². The molecule has 43 heavy (non-hydrogen) atoms. The second-order valence-electron chi connectivity index (χ2n) is 9.66. The highest BCUT2D eigenvalue weighted by atomic mass is 35.5. The highest BCUT2D eigenvalue weighted by Gasteiger charge is 2.21. The molecule has 0 heterocycles. The molecule has 0 radical (unpaired) electrons. The first kappa shape index (κ1) is 28.9. The van der Waals surface area contributed by atoms with Gasteiger partial charge in [-0.25, -0.2) is 0 Å². The van der Waals surface area contributed by atoms with E-state index < -0.39 is 17.9 Å². The van der Waals surface area contributed by atoms with Gasteiger partial charge in [0.1, 0.15) is 11.5 Å². The first-order valence-corrected chi connectivity index (χ1v) is 13.8. The first-order valence-electron chi connectivity index (χ1n) is 13.4. The van der Waals surface area contributed by atoms with E-state index in [9.17, 15) is 14.7 Å². The molecule has 1 amide bonds. The van der Waals surface area contributed by atoms with E-state index in [-0.39, 0.29) is 12.0 Å². The zero-order chi connectivity index (χ0) is 30.2. The third-order valence-corrected chi connectivity index (χ3v) is 6.92. The van der Waals surface area contributed by atoms with Gasteiger partial charge in [0.05, 0.1) is 35.3 Å². The van der Waals surface area contributed by atoms with Gasteiger partial charge in [0, 0.05) is 16.3 Å². The SMILES string of the molecule is N#Cc1ccc(Nc2ccc(Cl)cc2C(=O)NC(CC(=O)O)c2ccc(-c3ccccc3Oc3ccccc3)cc2)cc1. The zero-order valence-electron chi connectivity index (χ0n) is 22.8. The van der Waals surface area contributed by atoms with Crippen molar-refractivity contribution in [1.82, 2.24) is 5.32 Å². The summed E-state index contributed by atoms with van der Waals surface area (Å²) >= 11 is 6.23. The largest absolute Gasteiger partial charge is 0.481 e. The standard InChI is InChI=1S/C35H26ClN3O4/c36-26-16-19-31(38-27-17-10-23(22-37)11-18-27)30(20-26)35(42)39-32(21-34(40)41)25-14-12-24(13-15-25)29-8-4-5-9-33(29)43-28-6-2-1-3-7-28/h1-20,32,38H,21H2,(H,39,42)(H,40,41). The summed E-state index contributed by atoms with van der Waals surface area (Å²) in [6, 6.07) is 37.4. The number of hydrogen-bond donors (Lipinski definition) is 3. The van der Waals surface area contributed by atoms with E-state index in [0.717, 1.165) is 11.1 Å². The Morgan fingerprint density at radius 2 is 1.56 bits per heavy atom. The van der Waals surface area contributed by atoms with E-state index in [2.05, 4.69) is 16.7 Å². The van der Waals surface area contributed by atoms with Crippen LogP contribution < -0.4 is 15.4 Å². The normalized spacial score (nSPS) is 11.2. The highest BCUT2D eigenvalue weighted by Crippen LogP contribution is 2.34. The van der Waals surface area contributed by atoms with Gasteiger partial charge in [-0.2, -0.15) is 5.26 Å². The van der Waals surface area contributed by atoms with Crippen LogP contribution in [0.15, 0.2) is 121 Å². The molecule has 1 unspecified atom stereocenters. The number of halogens is 1. The van der Waals surface area contributed by atoms with E-state index >= 15 is 0 Å². The Morgan fingerprint density at radius 1 is 0.860 bits per heavy atom. The molecule has 0 aliphatic carbocycles. The Kier molecular flexibility index (Phi) is 9.01. The Morgan fingerprint density at radius 3 is 2.26 bits per heavy atom. The van der Waals surface area contributed by atoms with Crippen LogP contribution in [0.2, 0.25) is 5.02 Å². The molecular formula is C35H26ClN3O4. The average Bonchev–Trinajstić information content (AvgIpc) is 3.02. The minimum Gasteiger partial charge on any atom is -0.481 e. The smallest absolute Gasteiger partial charge is 0.305 e. The Hall–Kier alpha value is -5.58. The number of ether oxygens (including phenoxy) is 1. The van der Waals surface area contributed by atoms with Crippen LogP contribution in [-0.2, 0) is 4.79 Å². The molecule has 8 heteroatoms. The van der Waals surface area contributed by atoms with Crippen LogP contribution in [0.4, 0.5) is 11.4 Å². The summed E-state index contributed by atoms with van der Waals surface area (Å²) in [4.78, 5) is 25.3. The van der Waals surface area contributed by atoms with E-state index in [1.54, 1.807) is 48.5 Å². The lowest BCUT2D eigenvalue weighted by Gasteiger charge is -2.20. The summed E-state index contributed by atoms with van der Waals surface area (Å²) in [6.07, 6.45) is -0.322. The summed E-state index contributed by atoms with van der Waals surface area (Å²) in [5.41, 5.74) is 4.28. The number of nitriles is 1. The molecule has 5 aromatic carbocycles. The van der Waals surface area contributed by atoms with Crippen molar-refractivity contribution >= 4 is 34.9 Å². The average molecular weight is 588 g/mol. The molecular weight excluding hydrogens is 562 g/mol. The summed E-state index contributed by atoms with van der Waals surface area (Å²) < 4.78 is 6.11. The fraction of sp³-hybridized carbons (Fsp3) is 0.0571. The number of carbonyl (C=O) groups excluding carboxylic acids is 1. The molecule has 7 nitrogen and oxygen atoms in total. The Labute approximate surface area is 254 Å². The van der Waals surface area contributed by atoms with Gasteiger partial charge in [-0.05, 0) is 71.8 Å². The van der Waals surface area contributed by atoms with Crippen molar-refractivity contribution < 1.29 is 19.4 Å². The summed E-state index contributed by atoms with van der Waals surface area (Å²) in [5.74, 6) is -0.154. The zero-order valence-corrected chi connectivity index (χ0v) is 23.6. The maximum atomic E-state index is 13.5. The fourth-order valence-corrected chi connectivity index (χ4v) is 4.74. The van der Waals surface area contributed by atoms with Crippen LogP contribution in [0.5, 0.6) is 11.5 Å². The van der Waals surface area contributed by atoms with Crippen LogP contribution in [0.1, 0.15) is 33.9 Å². The molecule has 0 aromatic heterocycles. The molecule has 212 valence electrons. The first-order chi connectivity index (χ1) is 20.9. The Bertz CT molecular complexity index is 1780. The van der Waals surface area contributed by atoms with Crippen molar-refractivity contribution in [3.05, 3.63) is 143 Å². The quantitative estimate of drug-likeness (QED) is 0.151. The van der Waals surface area contributed by atoms with Crippen LogP contribution in [0.25, 0.3) is 11.1 Å². The highest BCUT2D eigenvalue weighted by molar-refractivity contribution is 6.31. The second kappa shape index (κ2) is 13.4. The number of anilines is 2. The number of carboxylic acids is 1. The van der Waals surface area contributed by atoms with Gasteiger partial charge in [-0.1, -0.05) is 72.3 Å². The molecule has 3 N–H and O–H groups in total. The van der Waals surface area contributed by atoms with Crippen molar-refractivity contribution in [2.24, 2.45) is 0 Å². The lowest BCUT2D eigenvalue weighted by atomic mass is 9.98. The minimum absolute atomic E-state index is 0.246. The van der Waals surface area contributed by atoms with Crippen molar-refractivity contribution in [1.29, 1.82) is 5.26 Å². The van der Waals surface area contributed by atoms with Gasteiger partial charge in [0.25, 0.3) is 5.91 Å². The summed E-state index contributed by atoms with van der Waals surface area (Å²) in [6.45, 7) is 0. The van der Waals surface area contributed by atoms with Crippen molar-refractivity contribution in [2.45, 2.75) is 12.5 Å². The number of amides is 1. The molecule has 0 aliphatic rings. The molecule has 0 saturated carbocycles. The number of carbonyl (C=O) groups is 2. The van der Waals surface area contributed by atoms with E-state index in [0.29, 0.717) is 39.0 Å². The van der Waals surface area contributed by atoms with Crippen LogP contribution in [0.3, 0.4) is 0 Å². The topological polar surface area (TPSA) is 111 Å². The number of benzene rings is 5. The van der Waals surface area contributed by atoms with Gasteiger partial charge in [0.2, 0.25) is 0 Å². The summed E-state index contributed by atoms with van der Waals surface area (Å²) in [7, 11) is 0. The van der Waals surface area contributed by atoms with Crippen molar-refractivity contribution in [3.8, 4) is 28.7 Å². The van der Waals surface area contributed by atoms with Crippen molar-refractivity contribution in [2.75, 3.05) is 5.32 Å². The van der Waals surface area contributed by atoms with Crippen LogP contribution >= 0.6 is 11.6 Å². The van der Waals surface area contributed by atoms with E-state index in [1.807, 2.05) is 66.7 Å². The fourth-order valence-electron chi connectivity index (χ4n) is 4.56. The monoisotopic (exact) mass is 587 g/mol. The third-order valence-electron chi connectivity index (χ3n) is 6.69. The number of nitrogens with one attached hydrogen (secondary N) is 2. The molecule has 0 bridgehead atoms. The lowest BCUT2D eigenvalue weighted by molar-refractivity contribution is -0.137. The third kappa shape index (κ3) is 7.39. The molecule has 1 atom stereocenters. The molecule has 0 spiro atoms. The lowest BCUT2D eigenvalue weighted by Crippen LogP contribution is -2.30. The van der Waals surface area contributed by atoms with Crippen molar-refractivity contribution in [3.63, 3.8) is 0 Å². The minimum atomic E-state index is -1.06. The molecule has 0 aliphatic heterocycles. The van der Waals surface area contributed by atoms with Gasteiger partial charge in [-0.15, -0.1) is 0 Å². The number of hydrogen-bond acceptors (Lipinski definition) is 5. The molecule has 0 fully saturated rings. The number of nitrogens with zero attached hydrogens (tertiary/aromatic N) is 1. The molecule has 0 saturated heterocycles. The van der Waals surface area contributed by atoms with Crippen LogP contribution in [0, 0.1) is 11.3 Å². The molecule has 5 aromatic rings. The number of rotatable bonds is 10. The number of aliphatic carboxylic acids is 1. The predicted octanol–water partition coefficient (Wildman–Crippen LogP) is 8.36. The number of carboxylic acid groups (broad SMARTS) is 1. The summed E-state index contributed by atoms with van der Waals surface area (Å²) in [5, 5.41) is 25.1. The molecule has 5 rings (SSSR count). The maximum absolute atomic E-state index is 13.5. The predicted molar refractivity (Wildman–Crippen MR) is 167 cm³/mol. The second-order valence-corrected chi connectivity index (χ2v) is 10.1. The van der Waals surface area contributed by atoms with Gasteiger partial charge in [0.15, 0.2) is 0 Å². The maximum Gasteiger partial charge on any atom is 0.305 e. The van der Waals surface area contributed by atoms with E-state index in [1.165, 1.54) is 6.07 Å². The Balaban J connectivity index is 1.38. The van der Waals surface area contributed by atoms with Gasteiger partial charge >= 0.3 is 5.97 Å².